The highest BCUT2D eigenvalue weighted by Gasteiger charge is 2.32. The van der Waals surface area contributed by atoms with Gasteiger partial charge in [-0.1, -0.05) is 30.3 Å². The maximum absolute atomic E-state index is 14.1. The maximum Gasteiger partial charge on any atom is 0.259 e. The van der Waals surface area contributed by atoms with Crippen LogP contribution in [0.4, 0.5) is 0 Å². The van der Waals surface area contributed by atoms with E-state index in [1.165, 1.54) is 5.56 Å². The van der Waals surface area contributed by atoms with Crippen LogP contribution in [0.5, 0.6) is 0 Å². The molecule has 0 unspecified atom stereocenters. The minimum absolute atomic E-state index is 0.0122. The Kier molecular flexibility index (Phi) is 7.20. The van der Waals surface area contributed by atoms with E-state index in [0.717, 1.165) is 47.9 Å². The first kappa shape index (κ1) is 25.7. The summed E-state index contributed by atoms with van der Waals surface area (Å²) in [5.41, 5.74) is 4.06. The molecule has 6 rings (SSSR count). The number of ether oxygens (including phenoxy) is 2. The highest BCUT2D eigenvalue weighted by Crippen LogP contribution is 2.31. The van der Waals surface area contributed by atoms with Crippen LogP contribution in [0.1, 0.15) is 46.4 Å². The van der Waals surface area contributed by atoms with E-state index in [2.05, 4.69) is 27.1 Å². The number of carbonyl (C=O) groups excluding carboxylic acids is 1. The van der Waals surface area contributed by atoms with Gasteiger partial charge in [0.15, 0.2) is 0 Å². The summed E-state index contributed by atoms with van der Waals surface area (Å²) >= 11 is 0. The van der Waals surface area contributed by atoms with Gasteiger partial charge in [0, 0.05) is 57.5 Å². The number of aryl methyl sites for hydroxylation is 1. The van der Waals surface area contributed by atoms with Gasteiger partial charge in [-0.3, -0.25) is 19.2 Å². The van der Waals surface area contributed by atoms with Crippen molar-refractivity contribution >= 4 is 27.7 Å². The molecule has 39 heavy (non-hydrogen) atoms. The number of methoxy groups -OCH3 is 1. The number of rotatable bonds is 6. The molecule has 0 saturated carbocycles. The molecule has 1 amide bonds. The van der Waals surface area contributed by atoms with E-state index in [-0.39, 0.29) is 23.6 Å². The van der Waals surface area contributed by atoms with E-state index in [9.17, 15) is 9.59 Å². The SMILES string of the molecule is COCCN1CCN(C(=O)c2cc3c(cc2C)[nH]c(=O)c2cnn(C4CCOCC4)c23)C[C@@H]1c1ccccc1. The first-order valence-electron chi connectivity index (χ1n) is 13.7. The van der Waals surface area contributed by atoms with E-state index in [4.69, 9.17) is 9.47 Å². The van der Waals surface area contributed by atoms with Gasteiger partial charge in [-0.25, -0.2) is 0 Å². The summed E-state index contributed by atoms with van der Waals surface area (Å²) in [6, 6.07) is 14.5. The van der Waals surface area contributed by atoms with Gasteiger partial charge in [0.2, 0.25) is 0 Å². The third kappa shape index (κ3) is 4.86. The van der Waals surface area contributed by atoms with Gasteiger partial charge in [0.1, 0.15) is 0 Å². The van der Waals surface area contributed by atoms with Gasteiger partial charge in [-0.15, -0.1) is 0 Å². The molecule has 1 atom stereocenters. The van der Waals surface area contributed by atoms with Gasteiger partial charge < -0.3 is 19.4 Å². The number of fused-ring (bicyclic) bond motifs is 3. The van der Waals surface area contributed by atoms with Crippen LogP contribution in [0.15, 0.2) is 53.5 Å². The number of carbonyl (C=O) groups is 1. The van der Waals surface area contributed by atoms with Crippen LogP contribution in [-0.4, -0.2) is 83.6 Å². The molecule has 0 radical (unpaired) electrons. The first-order valence-corrected chi connectivity index (χ1v) is 13.7. The Balaban J connectivity index is 1.38. The van der Waals surface area contributed by atoms with Crippen LogP contribution in [0.3, 0.4) is 0 Å². The summed E-state index contributed by atoms with van der Waals surface area (Å²) in [5.74, 6) is 0.0122. The molecule has 2 aliphatic heterocycles. The highest BCUT2D eigenvalue weighted by atomic mass is 16.5. The molecule has 4 heterocycles. The molecule has 0 spiro atoms. The Hall–Kier alpha value is -3.53. The van der Waals surface area contributed by atoms with E-state index in [0.29, 0.717) is 43.9 Å². The van der Waals surface area contributed by atoms with E-state index >= 15 is 0 Å². The number of aromatic amines is 1. The number of hydrogen-bond acceptors (Lipinski definition) is 6. The van der Waals surface area contributed by atoms with Gasteiger partial charge in [-0.05, 0) is 43.0 Å². The van der Waals surface area contributed by atoms with Crippen molar-refractivity contribution in [3.05, 3.63) is 75.7 Å². The molecule has 0 bridgehead atoms. The van der Waals surface area contributed by atoms with Crippen LogP contribution >= 0.6 is 0 Å². The molecule has 2 fully saturated rings. The average Bonchev–Trinajstić information content (AvgIpc) is 3.43. The van der Waals surface area contributed by atoms with Crippen LogP contribution in [0.25, 0.3) is 21.8 Å². The highest BCUT2D eigenvalue weighted by molar-refractivity contribution is 6.07. The van der Waals surface area contributed by atoms with E-state index < -0.39 is 0 Å². The van der Waals surface area contributed by atoms with Crippen LogP contribution in [-0.2, 0) is 9.47 Å². The molecule has 9 nitrogen and oxygen atoms in total. The molecule has 204 valence electrons. The first-order chi connectivity index (χ1) is 19.0. The molecule has 2 aromatic heterocycles. The van der Waals surface area contributed by atoms with Crippen molar-refractivity contribution in [2.75, 3.05) is 53.1 Å². The van der Waals surface area contributed by atoms with Gasteiger partial charge in [-0.2, -0.15) is 5.10 Å². The van der Waals surface area contributed by atoms with Gasteiger partial charge in [0.05, 0.1) is 41.3 Å². The number of nitrogens with zero attached hydrogens (tertiary/aromatic N) is 4. The standard InChI is InChI=1S/C30H35N5O4/c1-20-16-26-24(28-25(29(36)32-26)18-31-35(28)22-8-13-39-14-9-22)17-23(20)30(37)34-11-10-33(12-15-38-2)27(19-34)21-6-4-3-5-7-21/h3-7,16-18,22,27H,8-15,19H2,1-2H3,(H,32,36)/t27-/m1/s1. The predicted molar refractivity (Wildman–Crippen MR) is 150 cm³/mol. The Morgan fingerprint density at radius 3 is 2.69 bits per heavy atom. The monoisotopic (exact) mass is 529 g/mol. The second-order valence-corrected chi connectivity index (χ2v) is 10.6. The average molecular weight is 530 g/mol. The Labute approximate surface area is 227 Å². The van der Waals surface area contributed by atoms with Crippen molar-refractivity contribution < 1.29 is 14.3 Å². The zero-order chi connectivity index (χ0) is 26.9. The lowest BCUT2D eigenvalue weighted by Crippen LogP contribution is -2.51. The molecular formula is C30H35N5O4. The molecule has 0 aliphatic carbocycles. The lowest BCUT2D eigenvalue weighted by Gasteiger charge is -2.41. The maximum atomic E-state index is 14.1. The van der Waals surface area contributed by atoms with E-state index in [1.807, 2.05) is 46.8 Å². The number of nitrogens with one attached hydrogen (secondary N) is 1. The van der Waals surface area contributed by atoms with Crippen LogP contribution in [0, 0.1) is 6.92 Å². The van der Waals surface area contributed by atoms with Crippen molar-refractivity contribution in [3.8, 4) is 0 Å². The van der Waals surface area contributed by atoms with Crippen molar-refractivity contribution in [1.29, 1.82) is 0 Å². The lowest BCUT2D eigenvalue weighted by atomic mass is 9.99. The predicted octanol–water partition coefficient (Wildman–Crippen LogP) is 3.68. The summed E-state index contributed by atoms with van der Waals surface area (Å²) in [4.78, 5) is 34.4. The molecule has 9 heteroatoms. The zero-order valence-electron chi connectivity index (χ0n) is 22.6. The number of benzene rings is 2. The third-order valence-corrected chi connectivity index (χ3v) is 8.22. The Bertz CT molecular complexity index is 1540. The number of amides is 1. The molecule has 2 saturated heterocycles. The van der Waals surface area contributed by atoms with Gasteiger partial charge in [0.25, 0.3) is 11.5 Å². The fraction of sp³-hybridized carbons (Fsp3) is 0.433. The van der Waals surface area contributed by atoms with Crippen molar-refractivity contribution in [2.24, 2.45) is 0 Å². The molecule has 2 aliphatic rings. The molecule has 2 aromatic carbocycles. The quantitative estimate of drug-likeness (QED) is 0.410. The van der Waals surface area contributed by atoms with Crippen molar-refractivity contribution in [2.45, 2.75) is 31.8 Å². The largest absolute Gasteiger partial charge is 0.383 e. The normalized spacial score (nSPS) is 19.2. The summed E-state index contributed by atoms with van der Waals surface area (Å²) < 4.78 is 12.9. The van der Waals surface area contributed by atoms with Crippen molar-refractivity contribution in [3.63, 3.8) is 0 Å². The summed E-state index contributed by atoms with van der Waals surface area (Å²) in [5, 5.41) is 6.02. The summed E-state index contributed by atoms with van der Waals surface area (Å²) in [6.07, 6.45) is 3.34. The minimum Gasteiger partial charge on any atom is -0.383 e. The second-order valence-electron chi connectivity index (χ2n) is 10.6. The van der Waals surface area contributed by atoms with Gasteiger partial charge >= 0.3 is 0 Å². The lowest BCUT2D eigenvalue weighted by molar-refractivity contribution is 0.0389. The number of aromatic nitrogens is 3. The smallest absolute Gasteiger partial charge is 0.259 e. The van der Waals surface area contributed by atoms with Crippen LogP contribution < -0.4 is 5.56 Å². The third-order valence-electron chi connectivity index (χ3n) is 8.22. The molecule has 1 N–H and O–H groups in total. The fourth-order valence-corrected chi connectivity index (χ4v) is 6.07. The second kappa shape index (κ2) is 10.9. The molecule has 4 aromatic rings. The Morgan fingerprint density at radius 2 is 1.92 bits per heavy atom. The summed E-state index contributed by atoms with van der Waals surface area (Å²) in [6.45, 7) is 6.77. The summed E-state index contributed by atoms with van der Waals surface area (Å²) in [7, 11) is 1.72. The zero-order valence-corrected chi connectivity index (χ0v) is 22.6. The minimum atomic E-state index is -0.160. The fourth-order valence-electron chi connectivity index (χ4n) is 6.07. The molecular weight excluding hydrogens is 494 g/mol. The number of H-pyrrole nitrogens is 1. The number of pyridine rings is 1. The van der Waals surface area contributed by atoms with E-state index in [1.54, 1.807) is 13.3 Å². The Morgan fingerprint density at radius 1 is 1.13 bits per heavy atom. The topological polar surface area (TPSA) is 92.7 Å². The number of piperazine rings is 1. The van der Waals surface area contributed by atoms with Crippen molar-refractivity contribution in [1.82, 2.24) is 24.6 Å². The number of hydrogen-bond donors (Lipinski definition) is 1. The van der Waals surface area contributed by atoms with Crippen LogP contribution in [0.2, 0.25) is 0 Å².